The Morgan fingerprint density at radius 2 is 1.94 bits per heavy atom. The molecule has 4 nitrogen and oxygen atoms in total. The van der Waals surface area contributed by atoms with Gasteiger partial charge in [0.05, 0.1) is 7.11 Å². The molecule has 0 atom stereocenters. The molecule has 5 heteroatoms. The molecule has 0 saturated heterocycles. The van der Waals surface area contributed by atoms with Crippen molar-refractivity contribution < 1.29 is 4.74 Å². The van der Waals surface area contributed by atoms with Gasteiger partial charge in [0, 0.05) is 5.56 Å². The molecule has 1 heterocycles. The molecule has 2 rings (SSSR count). The van der Waals surface area contributed by atoms with Crippen molar-refractivity contribution in [1.29, 1.82) is 0 Å². The van der Waals surface area contributed by atoms with Gasteiger partial charge in [-0.05, 0) is 31.0 Å². The molecule has 4 N–H and O–H groups in total. The molecule has 2 aromatic rings. The third-order valence-electron chi connectivity index (χ3n) is 2.57. The summed E-state index contributed by atoms with van der Waals surface area (Å²) in [5.74, 6) is 0.777. The third kappa shape index (κ3) is 2.06. The van der Waals surface area contributed by atoms with Gasteiger partial charge in [-0.25, -0.2) is 4.98 Å². The normalized spacial score (nSPS) is 10.5. The number of hydrogen-bond acceptors (Lipinski definition) is 5. The average Bonchev–Trinajstić information content (AvgIpc) is 2.56. The van der Waals surface area contributed by atoms with Crippen molar-refractivity contribution in [3.8, 4) is 17.0 Å². The Morgan fingerprint density at radius 1 is 1.24 bits per heavy atom. The summed E-state index contributed by atoms with van der Waals surface area (Å²) in [5.41, 5.74) is 15.5. The minimum absolute atomic E-state index is 0.472. The summed E-state index contributed by atoms with van der Waals surface area (Å²) in [7, 11) is 1.64. The molecule has 0 aliphatic heterocycles. The van der Waals surface area contributed by atoms with Crippen LogP contribution >= 0.6 is 11.3 Å². The molecule has 0 bridgehead atoms. The number of hydrogen-bond donors (Lipinski definition) is 2. The maximum Gasteiger partial charge on any atom is 0.182 e. The fourth-order valence-electron chi connectivity index (χ4n) is 1.92. The lowest BCUT2D eigenvalue weighted by Crippen LogP contribution is -1.95. The predicted molar refractivity (Wildman–Crippen MR) is 72.4 cm³/mol. The van der Waals surface area contributed by atoms with Crippen LogP contribution in [0.25, 0.3) is 11.3 Å². The highest BCUT2D eigenvalue weighted by Crippen LogP contribution is 2.39. The average molecular weight is 249 g/mol. The lowest BCUT2D eigenvalue weighted by molar-refractivity contribution is 0.416. The number of aryl methyl sites for hydroxylation is 2. The molecule has 0 radical (unpaired) electrons. The van der Waals surface area contributed by atoms with Crippen molar-refractivity contribution in [1.82, 2.24) is 4.98 Å². The Hall–Kier alpha value is -1.75. The number of rotatable bonds is 2. The Morgan fingerprint density at radius 3 is 2.47 bits per heavy atom. The summed E-state index contributed by atoms with van der Waals surface area (Å²) in [4.78, 5) is 4.27. The number of anilines is 2. The first-order chi connectivity index (χ1) is 8.02. The summed E-state index contributed by atoms with van der Waals surface area (Å²) in [6.45, 7) is 4.04. The lowest BCUT2D eigenvalue weighted by Gasteiger charge is -2.11. The van der Waals surface area contributed by atoms with Crippen LogP contribution in [0.2, 0.25) is 0 Å². The van der Waals surface area contributed by atoms with Crippen LogP contribution in [0.1, 0.15) is 11.1 Å². The van der Waals surface area contributed by atoms with Crippen LogP contribution in [0.3, 0.4) is 0 Å². The van der Waals surface area contributed by atoms with Gasteiger partial charge in [-0.15, -0.1) is 0 Å². The Labute approximate surface area is 104 Å². The van der Waals surface area contributed by atoms with Crippen molar-refractivity contribution in [2.45, 2.75) is 13.8 Å². The monoisotopic (exact) mass is 249 g/mol. The first kappa shape index (κ1) is 11.7. The quantitative estimate of drug-likeness (QED) is 0.858. The lowest BCUT2D eigenvalue weighted by atomic mass is 10.0. The standard InChI is InChI=1S/C12H15N3OS/c1-6-4-7(2)9(8(5-6)16-3)10-11(13)17-12(14)15-10/h4-5H,13H2,1-3H3,(H2,14,15). The number of thiazole rings is 1. The van der Waals surface area contributed by atoms with E-state index in [1.54, 1.807) is 7.11 Å². The Kier molecular flexibility index (Phi) is 2.93. The topological polar surface area (TPSA) is 74.2 Å². The van der Waals surface area contributed by atoms with Crippen molar-refractivity contribution >= 4 is 21.5 Å². The van der Waals surface area contributed by atoms with E-state index in [1.807, 2.05) is 19.9 Å². The van der Waals surface area contributed by atoms with Crippen LogP contribution in [0.15, 0.2) is 12.1 Å². The molecule has 1 aromatic carbocycles. The molecular formula is C12H15N3OS. The fraction of sp³-hybridized carbons (Fsp3) is 0.250. The Bertz CT molecular complexity index is 563. The molecule has 17 heavy (non-hydrogen) atoms. The van der Waals surface area contributed by atoms with Gasteiger partial charge in [0.2, 0.25) is 0 Å². The summed E-state index contributed by atoms with van der Waals surface area (Å²) in [5, 5.41) is 1.09. The highest BCUT2D eigenvalue weighted by Gasteiger charge is 2.16. The zero-order valence-corrected chi connectivity index (χ0v) is 10.9. The molecule has 1 aromatic heterocycles. The van der Waals surface area contributed by atoms with E-state index in [2.05, 4.69) is 11.1 Å². The van der Waals surface area contributed by atoms with Crippen LogP contribution in [-0.2, 0) is 0 Å². The highest BCUT2D eigenvalue weighted by atomic mass is 32.1. The number of nitrogens with two attached hydrogens (primary N) is 2. The van der Waals surface area contributed by atoms with Gasteiger partial charge in [-0.3, -0.25) is 0 Å². The van der Waals surface area contributed by atoms with Crippen LogP contribution < -0.4 is 16.2 Å². The second kappa shape index (κ2) is 4.25. The molecular weight excluding hydrogens is 234 g/mol. The molecule has 0 spiro atoms. The zero-order valence-electron chi connectivity index (χ0n) is 10.1. The number of aromatic nitrogens is 1. The Balaban J connectivity index is 2.70. The second-order valence-corrected chi connectivity index (χ2v) is 4.99. The van der Waals surface area contributed by atoms with Crippen LogP contribution in [0, 0.1) is 13.8 Å². The number of ether oxygens (including phenoxy) is 1. The third-order valence-corrected chi connectivity index (χ3v) is 3.28. The van der Waals surface area contributed by atoms with E-state index in [9.17, 15) is 0 Å². The maximum absolute atomic E-state index is 5.92. The van der Waals surface area contributed by atoms with Crippen LogP contribution in [0.4, 0.5) is 10.1 Å². The van der Waals surface area contributed by atoms with Gasteiger partial charge in [0.25, 0.3) is 0 Å². The molecule has 90 valence electrons. The van der Waals surface area contributed by atoms with E-state index in [4.69, 9.17) is 16.2 Å². The van der Waals surface area contributed by atoms with Gasteiger partial charge in [0.1, 0.15) is 16.4 Å². The van der Waals surface area contributed by atoms with E-state index in [0.29, 0.717) is 15.8 Å². The number of benzene rings is 1. The molecule has 0 fully saturated rings. The van der Waals surface area contributed by atoms with Gasteiger partial charge >= 0.3 is 0 Å². The van der Waals surface area contributed by atoms with Crippen molar-refractivity contribution in [2.24, 2.45) is 0 Å². The molecule has 0 unspecified atom stereocenters. The minimum atomic E-state index is 0.472. The number of nitrogens with zero attached hydrogens (tertiary/aromatic N) is 1. The van der Waals surface area contributed by atoms with Crippen molar-refractivity contribution in [3.05, 3.63) is 23.3 Å². The molecule has 0 saturated carbocycles. The van der Waals surface area contributed by atoms with Crippen LogP contribution in [-0.4, -0.2) is 12.1 Å². The van der Waals surface area contributed by atoms with E-state index in [1.165, 1.54) is 11.3 Å². The van der Waals surface area contributed by atoms with E-state index >= 15 is 0 Å². The summed E-state index contributed by atoms with van der Waals surface area (Å²) in [6.07, 6.45) is 0. The van der Waals surface area contributed by atoms with E-state index in [-0.39, 0.29) is 0 Å². The smallest absolute Gasteiger partial charge is 0.182 e. The summed E-state index contributed by atoms with van der Waals surface area (Å²) < 4.78 is 5.39. The first-order valence-corrected chi connectivity index (χ1v) is 6.02. The number of nitrogen functional groups attached to an aromatic ring is 2. The molecule has 0 amide bonds. The second-order valence-electron chi connectivity index (χ2n) is 3.92. The molecule has 0 aliphatic rings. The predicted octanol–water partition coefficient (Wildman–Crippen LogP) is 2.60. The van der Waals surface area contributed by atoms with Gasteiger partial charge < -0.3 is 16.2 Å². The maximum atomic E-state index is 5.92. The summed E-state index contributed by atoms with van der Waals surface area (Å²) >= 11 is 1.29. The number of methoxy groups -OCH3 is 1. The zero-order chi connectivity index (χ0) is 12.6. The van der Waals surface area contributed by atoms with Gasteiger partial charge in [-0.1, -0.05) is 17.4 Å². The highest BCUT2D eigenvalue weighted by molar-refractivity contribution is 7.19. The fourth-order valence-corrected chi connectivity index (χ4v) is 2.53. The SMILES string of the molecule is COc1cc(C)cc(C)c1-c1nc(N)sc1N. The van der Waals surface area contributed by atoms with E-state index in [0.717, 1.165) is 22.4 Å². The molecule has 0 aliphatic carbocycles. The van der Waals surface area contributed by atoms with Gasteiger partial charge in [0.15, 0.2) is 5.13 Å². The largest absolute Gasteiger partial charge is 0.496 e. The van der Waals surface area contributed by atoms with Crippen LogP contribution in [0.5, 0.6) is 5.75 Å². The van der Waals surface area contributed by atoms with Crippen molar-refractivity contribution in [3.63, 3.8) is 0 Å². The summed E-state index contributed by atoms with van der Waals surface area (Å²) in [6, 6.07) is 4.05. The van der Waals surface area contributed by atoms with Crippen molar-refractivity contribution in [2.75, 3.05) is 18.6 Å². The first-order valence-electron chi connectivity index (χ1n) is 5.20. The minimum Gasteiger partial charge on any atom is -0.496 e. The van der Waals surface area contributed by atoms with E-state index < -0.39 is 0 Å². The van der Waals surface area contributed by atoms with Gasteiger partial charge in [-0.2, -0.15) is 0 Å².